The van der Waals surface area contributed by atoms with Gasteiger partial charge in [-0.3, -0.25) is 0 Å². The van der Waals surface area contributed by atoms with E-state index in [0.717, 1.165) is 5.56 Å². The Morgan fingerprint density at radius 1 is 1.24 bits per heavy atom. The van der Waals surface area contributed by atoms with Gasteiger partial charge >= 0.3 is 0 Å². The summed E-state index contributed by atoms with van der Waals surface area (Å²) in [6.45, 7) is 3.81. The zero-order valence-corrected chi connectivity index (χ0v) is 11.1. The number of hydrogen-bond donors (Lipinski definition) is 0. The number of aliphatic imine (C=N–C) groups is 1. The third-order valence-electron chi connectivity index (χ3n) is 2.38. The third-order valence-corrected chi connectivity index (χ3v) is 2.86. The van der Waals surface area contributed by atoms with Crippen LogP contribution in [0.4, 0.5) is 0 Å². The van der Waals surface area contributed by atoms with E-state index in [4.69, 9.17) is 39.5 Å². The standard InChI is InChI=1S/C12H10Cl3NO/c1-8-10(7-9-5-3-2-4-6-9)17-11(16-8)12(13,14)15/h2-6,10H,1,7H2. The van der Waals surface area contributed by atoms with Crippen molar-refractivity contribution in [1.82, 2.24) is 0 Å². The molecule has 90 valence electrons. The van der Waals surface area contributed by atoms with Crippen molar-refractivity contribution in [2.45, 2.75) is 16.3 Å². The highest BCUT2D eigenvalue weighted by molar-refractivity contribution is 6.76. The van der Waals surface area contributed by atoms with Crippen molar-refractivity contribution in [3.63, 3.8) is 0 Å². The molecule has 0 bridgehead atoms. The molecular formula is C12H10Cl3NO. The van der Waals surface area contributed by atoms with Gasteiger partial charge in [-0.05, 0) is 5.56 Å². The molecule has 1 aliphatic rings. The SMILES string of the molecule is C=C1N=C(C(Cl)(Cl)Cl)OC1Cc1ccccc1. The lowest BCUT2D eigenvalue weighted by Gasteiger charge is -2.15. The molecule has 2 rings (SSSR count). The maximum atomic E-state index is 5.71. The number of benzene rings is 1. The second kappa shape index (κ2) is 4.89. The quantitative estimate of drug-likeness (QED) is 0.757. The minimum Gasteiger partial charge on any atom is -0.467 e. The van der Waals surface area contributed by atoms with E-state index >= 15 is 0 Å². The second-order valence-corrected chi connectivity index (χ2v) is 5.98. The predicted octanol–water partition coefficient (Wildman–Crippen LogP) is 3.91. The zero-order chi connectivity index (χ0) is 12.5. The van der Waals surface area contributed by atoms with Crippen LogP contribution in [0.15, 0.2) is 47.6 Å². The summed E-state index contributed by atoms with van der Waals surface area (Å²) < 4.78 is 3.87. The summed E-state index contributed by atoms with van der Waals surface area (Å²) in [5, 5.41) is 0. The molecule has 1 heterocycles. The molecule has 0 aromatic heterocycles. The number of halogens is 3. The Morgan fingerprint density at radius 2 is 1.88 bits per heavy atom. The molecule has 1 aliphatic heterocycles. The lowest BCUT2D eigenvalue weighted by atomic mass is 10.1. The van der Waals surface area contributed by atoms with E-state index in [1.54, 1.807) is 0 Å². The number of hydrogen-bond acceptors (Lipinski definition) is 2. The molecule has 0 saturated heterocycles. The number of nitrogens with zero attached hydrogens (tertiary/aromatic N) is 1. The second-order valence-electron chi connectivity index (χ2n) is 3.70. The van der Waals surface area contributed by atoms with Gasteiger partial charge in [-0.25, -0.2) is 4.99 Å². The monoisotopic (exact) mass is 289 g/mol. The van der Waals surface area contributed by atoms with Crippen molar-refractivity contribution in [2.75, 3.05) is 0 Å². The lowest BCUT2D eigenvalue weighted by Crippen LogP contribution is -2.23. The maximum absolute atomic E-state index is 5.71. The number of rotatable bonds is 2. The highest BCUT2D eigenvalue weighted by atomic mass is 35.6. The summed E-state index contributed by atoms with van der Waals surface area (Å²) in [5.41, 5.74) is 1.70. The van der Waals surface area contributed by atoms with E-state index in [2.05, 4.69) is 11.6 Å². The number of ether oxygens (including phenoxy) is 1. The molecule has 17 heavy (non-hydrogen) atoms. The Balaban J connectivity index is 2.06. The molecule has 1 aromatic carbocycles. The van der Waals surface area contributed by atoms with E-state index in [-0.39, 0.29) is 12.0 Å². The van der Waals surface area contributed by atoms with Gasteiger partial charge in [-0.1, -0.05) is 71.7 Å². The summed E-state index contributed by atoms with van der Waals surface area (Å²) in [6.07, 6.45) is 0.399. The Kier molecular flexibility index (Phi) is 3.67. The molecule has 1 unspecified atom stereocenters. The van der Waals surface area contributed by atoms with Crippen LogP contribution >= 0.6 is 34.8 Å². The van der Waals surface area contributed by atoms with Crippen LogP contribution < -0.4 is 0 Å². The van der Waals surface area contributed by atoms with Crippen LogP contribution in [0.25, 0.3) is 0 Å². The first-order valence-electron chi connectivity index (χ1n) is 5.02. The summed E-state index contributed by atoms with van der Waals surface area (Å²) >= 11 is 17.1. The minimum absolute atomic E-state index is 0.0911. The van der Waals surface area contributed by atoms with Crippen molar-refractivity contribution in [1.29, 1.82) is 0 Å². The smallest absolute Gasteiger partial charge is 0.266 e. The average molecular weight is 291 g/mol. The van der Waals surface area contributed by atoms with Gasteiger partial charge in [0.2, 0.25) is 5.90 Å². The van der Waals surface area contributed by atoms with Crippen LogP contribution in [0.5, 0.6) is 0 Å². The van der Waals surface area contributed by atoms with Gasteiger partial charge in [0.05, 0.1) is 5.70 Å². The molecule has 0 fully saturated rings. The van der Waals surface area contributed by atoms with Gasteiger partial charge in [0.25, 0.3) is 3.79 Å². The summed E-state index contributed by atoms with van der Waals surface area (Å²) in [7, 11) is 0. The Bertz CT molecular complexity index is 451. The fourth-order valence-electron chi connectivity index (χ4n) is 1.55. The molecule has 0 N–H and O–H groups in total. The fraction of sp³-hybridized carbons (Fsp3) is 0.250. The first-order chi connectivity index (χ1) is 7.97. The molecule has 5 heteroatoms. The van der Waals surface area contributed by atoms with E-state index in [1.807, 2.05) is 30.3 Å². The van der Waals surface area contributed by atoms with Crippen LogP contribution in [0.2, 0.25) is 0 Å². The highest BCUT2D eigenvalue weighted by Crippen LogP contribution is 2.34. The van der Waals surface area contributed by atoms with Crippen molar-refractivity contribution in [3.05, 3.63) is 48.2 Å². The molecule has 0 aliphatic carbocycles. The fourth-order valence-corrected chi connectivity index (χ4v) is 1.81. The van der Waals surface area contributed by atoms with E-state index in [0.29, 0.717) is 12.1 Å². The molecule has 0 amide bonds. The van der Waals surface area contributed by atoms with Crippen molar-refractivity contribution < 1.29 is 4.74 Å². The molecular weight excluding hydrogens is 280 g/mol. The molecule has 1 aromatic rings. The first kappa shape index (κ1) is 12.7. The molecule has 2 nitrogen and oxygen atoms in total. The summed E-state index contributed by atoms with van der Waals surface area (Å²) in [5.74, 6) is 0.0911. The van der Waals surface area contributed by atoms with Gasteiger partial charge < -0.3 is 4.74 Å². The molecule has 0 spiro atoms. The Labute approximate surface area is 115 Å². The third kappa shape index (κ3) is 3.15. The van der Waals surface area contributed by atoms with Crippen LogP contribution in [-0.4, -0.2) is 15.8 Å². The van der Waals surface area contributed by atoms with Gasteiger partial charge in [0, 0.05) is 6.42 Å². The van der Waals surface area contributed by atoms with Gasteiger partial charge in [0.15, 0.2) is 0 Å². The first-order valence-corrected chi connectivity index (χ1v) is 6.15. The largest absolute Gasteiger partial charge is 0.467 e. The van der Waals surface area contributed by atoms with Crippen LogP contribution in [0.1, 0.15) is 5.56 Å². The normalized spacial score (nSPS) is 20.1. The lowest BCUT2D eigenvalue weighted by molar-refractivity contribution is 0.241. The summed E-state index contributed by atoms with van der Waals surface area (Å²) in [4.78, 5) is 4.04. The Hall–Kier alpha value is -0.700. The topological polar surface area (TPSA) is 21.6 Å². The van der Waals surface area contributed by atoms with Gasteiger partial charge in [-0.15, -0.1) is 0 Å². The molecule has 0 radical (unpaired) electrons. The van der Waals surface area contributed by atoms with E-state index in [1.165, 1.54) is 0 Å². The highest BCUT2D eigenvalue weighted by Gasteiger charge is 2.37. The van der Waals surface area contributed by atoms with Gasteiger partial charge in [-0.2, -0.15) is 0 Å². The van der Waals surface area contributed by atoms with Crippen molar-refractivity contribution in [3.8, 4) is 0 Å². The molecule has 0 saturated carbocycles. The Morgan fingerprint density at radius 3 is 2.41 bits per heavy atom. The van der Waals surface area contributed by atoms with Crippen LogP contribution in [0.3, 0.4) is 0 Å². The van der Waals surface area contributed by atoms with E-state index in [9.17, 15) is 0 Å². The predicted molar refractivity (Wildman–Crippen MR) is 71.9 cm³/mol. The summed E-state index contributed by atoms with van der Waals surface area (Å²) in [6, 6.07) is 9.89. The number of alkyl halides is 3. The van der Waals surface area contributed by atoms with E-state index < -0.39 is 3.79 Å². The van der Waals surface area contributed by atoms with Gasteiger partial charge in [0.1, 0.15) is 6.10 Å². The maximum Gasteiger partial charge on any atom is 0.266 e. The zero-order valence-electron chi connectivity index (χ0n) is 8.87. The van der Waals surface area contributed by atoms with Crippen LogP contribution in [-0.2, 0) is 11.2 Å². The van der Waals surface area contributed by atoms with Crippen LogP contribution in [0, 0.1) is 0 Å². The van der Waals surface area contributed by atoms with Crippen molar-refractivity contribution in [2.24, 2.45) is 4.99 Å². The van der Waals surface area contributed by atoms with Crippen molar-refractivity contribution >= 4 is 40.7 Å². The average Bonchev–Trinajstić information content (AvgIpc) is 2.62. The molecule has 1 atom stereocenters. The minimum atomic E-state index is -1.63.